The molecule has 2 rings (SSSR count). The third-order valence-corrected chi connectivity index (χ3v) is 3.49. The molecule has 0 unspecified atom stereocenters. The number of methoxy groups -OCH3 is 1. The van der Waals surface area contributed by atoms with Gasteiger partial charge >= 0.3 is 0 Å². The van der Waals surface area contributed by atoms with Crippen LogP contribution in [-0.4, -0.2) is 12.2 Å². The van der Waals surface area contributed by atoms with E-state index >= 15 is 0 Å². The summed E-state index contributed by atoms with van der Waals surface area (Å²) in [7, 11) is 1.65. The number of nitrogens with one attached hydrogen (secondary N) is 2. The Labute approximate surface area is 131 Å². The van der Waals surface area contributed by atoms with Crippen LogP contribution < -0.4 is 15.4 Å². The Morgan fingerprint density at radius 3 is 2.24 bits per heavy atom. The first-order valence-corrected chi connectivity index (χ1v) is 7.27. The zero-order valence-corrected chi connectivity index (χ0v) is 13.3. The summed E-state index contributed by atoms with van der Waals surface area (Å²) in [4.78, 5) is 0. The van der Waals surface area contributed by atoms with E-state index in [1.807, 2.05) is 24.3 Å². The van der Waals surface area contributed by atoms with Gasteiger partial charge < -0.3 is 15.4 Å². The molecule has 0 aliphatic heterocycles. The molecule has 2 aromatic rings. The molecular weight excluding hydrogens is 280 g/mol. The molecule has 21 heavy (non-hydrogen) atoms. The highest BCUT2D eigenvalue weighted by atomic mass is 32.1. The van der Waals surface area contributed by atoms with Gasteiger partial charge in [-0.2, -0.15) is 0 Å². The van der Waals surface area contributed by atoms with Crippen LogP contribution >= 0.6 is 12.2 Å². The first-order chi connectivity index (χ1) is 10.1. The van der Waals surface area contributed by atoms with Crippen LogP contribution in [0.3, 0.4) is 0 Å². The van der Waals surface area contributed by atoms with Gasteiger partial charge in [-0.15, -0.1) is 0 Å². The van der Waals surface area contributed by atoms with E-state index in [4.69, 9.17) is 17.0 Å². The molecule has 0 saturated carbocycles. The summed E-state index contributed by atoms with van der Waals surface area (Å²) < 4.78 is 5.13. The normalized spacial score (nSPS) is 11.6. The van der Waals surface area contributed by atoms with Crippen LogP contribution in [-0.2, 0) is 0 Å². The van der Waals surface area contributed by atoms with Crippen molar-refractivity contribution in [1.82, 2.24) is 5.32 Å². The van der Waals surface area contributed by atoms with Crippen LogP contribution in [0, 0.1) is 6.92 Å². The highest BCUT2D eigenvalue weighted by Gasteiger charge is 2.06. The van der Waals surface area contributed by atoms with Gasteiger partial charge in [0.15, 0.2) is 5.11 Å². The van der Waals surface area contributed by atoms with E-state index in [9.17, 15) is 0 Å². The lowest BCUT2D eigenvalue weighted by molar-refractivity contribution is 0.415. The number of anilines is 1. The summed E-state index contributed by atoms with van der Waals surface area (Å²) in [5.41, 5.74) is 3.40. The maximum atomic E-state index is 5.35. The van der Waals surface area contributed by atoms with Crippen molar-refractivity contribution in [1.29, 1.82) is 0 Å². The second kappa shape index (κ2) is 7.09. The van der Waals surface area contributed by atoms with E-state index < -0.39 is 0 Å². The summed E-state index contributed by atoms with van der Waals surface area (Å²) in [5.74, 6) is 0.826. The smallest absolute Gasteiger partial charge is 0.171 e. The van der Waals surface area contributed by atoms with Crippen LogP contribution in [0.2, 0.25) is 0 Å². The van der Waals surface area contributed by atoms with Crippen molar-refractivity contribution < 1.29 is 4.74 Å². The lowest BCUT2D eigenvalue weighted by atomic mass is 10.1. The summed E-state index contributed by atoms with van der Waals surface area (Å²) in [6.07, 6.45) is 0. The van der Waals surface area contributed by atoms with E-state index in [0.29, 0.717) is 5.11 Å². The van der Waals surface area contributed by atoms with Crippen molar-refractivity contribution in [2.24, 2.45) is 0 Å². The Morgan fingerprint density at radius 1 is 1.05 bits per heavy atom. The second-order valence-electron chi connectivity index (χ2n) is 4.96. The zero-order valence-electron chi connectivity index (χ0n) is 12.5. The topological polar surface area (TPSA) is 33.3 Å². The number of thiocarbonyl (C=S) groups is 1. The number of rotatable bonds is 4. The predicted octanol–water partition coefficient (Wildman–Crippen LogP) is 4.05. The van der Waals surface area contributed by atoms with Crippen molar-refractivity contribution >= 4 is 23.0 Å². The van der Waals surface area contributed by atoms with Crippen molar-refractivity contribution in [2.45, 2.75) is 19.9 Å². The minimum Gasteiger partial charge on any atom is -0.497 e. The van der Waals surface area contributed by atoms with Crippen LogP contribution in [0.4, 0.5) is 5.69 Å². The molecule has 110 valence electrons. The van der Waals surface area contributed by atoms with Crippen molar-refractivity contribution in [3.8, 4) is 5.75 Å². The Kier molecular flexibility index (Phi) is 5.17. The average molecular weight is 300 g/mol. The van der Waals surface area contributed by atoms with Crippen LogP contribution in [0.5, 0.6) is 5.75 Å². The molecule has 0 radical (unpaired) electrons. The maximum Gasteiger partial charge on any atom is 0.171 e. The zero-order chi connectivity index (χ0) is 15.2. The number of hydrogen-bond acceptors (Lipinski definition) is 2. The number of aryl methyl sites for hydroxylation is 1. The highest BCUT2D eigenvalue weighted by Crippen LogP contribution is 2.16. The Hall–Kier alpha value is -2.07. The van der Waals surface area contributed by atoms with E-state index in [1.54, 1.807) is 7.11 Å². The summed E-state index contributed by atoms with van der Waals surface area (Å²) in [6, 6.07) is 16.3. The van der Waals surface area contributed by atoms with Crippen LogP contribution in [0.1, 0.15) is 24.1 Å². The van der Waals surface area contributed by atoms with Gasteiger partial charge in [0.05, 0.1) is 13.2 Å². The minimum atomic E-state index is 0.156. The molecule has 2 aromatic carbocycles. The Balaban J connectivity index is 1.92. The van der Waals surface area contributed by atoms with Crippen molar-refractivity contribution in [2.75, 3.05) is 12.4 Å². The maximum absolute atomic E-state index is 5.35. The standard InChI is InChI=1S/C17H20N2OS/c1-12-4-6-14(7-5-12)13(2)18-17(21)19-15-8-10-16(20-3)11-9-15/h4-11,13H,1-3H3,(H2,18,19,21)/t13-/m1/s1. The fourth-order valence-corrected chi connectivity index (χ4v) is 2.27. The molecule has 1 atom stereocenters. The summed E-state index contributed by atoms with van der Waals surface area (Å²) >= 11 is 5.35. The quantitative estimate of drug-likeness (QED) is 0.835. The molecular formula is C17H20N2OS. The SMILES string of the molecule is COc1ccc(NC(=S)N[C@H](C)c2ccc(C)cc2)cc1. The average Bonchev–Trinajstić information content (AvgIpc) is 2.48. The first-order valence-electron chi connectivity index (χ1n) is 6.86. The second-order valence-corrected chi connectivity index (χ2v) is 5.37. The van der Waals surface area contributed by atoms with Gasteiger partial charge in [-0.3, -0.25) is 0 Å². The molecule has 2 N–H and O–H groups in total. The number of ether oxygens (including phenoxy) is 1. The van der Waals surface area contributed by atoms with Gasteiger partial charge in [-0.05, 0) is 55.9 Å². The molecule has 0 spiro atoms. The van der Waals surface area contributed by atoms with Gasteiger partial charge in [-0.1, -0.05) is 29.8 Å². The summed E-state index contributed by atoms with van der Waals surface area (Å²) in [5, 5.41) is 7.06. The molecule has 0 aliphatic rings. The van der Waals surface area contributed by atoms with Gasteiger partial charge in [0, 0.05) is 5.69 Å². The third kappa shape index (κ3) is 4.46. The monoisotopic (exact) mass is 300 g/mol. The van der Waals surface area contributed by atoms with Gasteiger partial charge in [-0.25, -0.2) is 0 Å². The number of hydrogen-bond donors (Lipinski definition) is 2. The molecule has 0 aliphatic carbocycles. The van der Waals surface area contributed by atoms with Gasteiger partial charge in [0.25, 0.3) is 0 Å². The third-order valence-electron chi connectivity index (χ3n) is 3.27. The highest BCUT2D eigenvalue weighted by molar-refractivity contribution is 7.80. The van der Waals surface area contributed by atoms with Crippen molar-refractivity contribution in [3.05, 3.63) is 59.7 Å². The minimum absolute atomic E-state index is 0.156. The summed E-state index contributed by atoms with van der Waals surface area (Å²) in [6.45, 7) is 4.17. The molecule has 0 heterocycles. The molecule has 0 bridgehead atoms. The van der Waals surface area contributed by atoms with Gasteiger partial charge in [0.2, 0.25) is 0 Å². The Morgan fingerprint density at radius 2 is 1.67 bits per heavy atom. The van der Waals surface area contributed by atoms with Crippen LogP contribution in [0.15, 0.2) is 48.5 Å². The molecule has 3 nitrogen and oxygen atoms in total. The van der Waals surface area contributed by atoms with E-state index in [2.05, 4.69) is 48.7 Å². The fourth-order valence-electron chi connectivity index (χ4n) is 1.98. The van der Waals surface area contributed by atoms with E-state index in [1.165, 1.54) is 11.1 Å². The first kappa shape index (κ1) is 15.3. The number of benzene rings is 2. The molecule has 4 heteroatoms. The van der Waals surface area contributed by atoms with Crippen LogP contribution in [0.25, 0.3) is 0 Å². The molecule has 0 aromatic heterocycles. The Bertz CT molecular complexity index is 593. The lowest BCUT2D eigenvalue weighted by Crippen LogP contribution is -2.30. The van der Waals surface area contributed by atoms with Crippen molar-refractivity contribution in [3.63, 3.8) is 0 Å². The fraction of sp³-hybridized carbons (Fsp3) is 0.235. The van der Waals surface area contributed by atoms with Gasteiger partial charge in [0.1, 0.15) is 5.75 Å². The lowest BCUT2D eigenvalue weighted by Gasteiger charge is -2.17. The largest absolute Gasteiger partial charge is 0.497 e. The van der Waals surface area contributed by atoms with E-state index in [0.717, 1.165) is 11.4 Å². The molecule has 0 amide bonds. The van der Waals surface area contributed by atoms with E-state index in [-0.39, 0.29) is 6.04 Å². The predicted molar refractivity (Wildman–Crippen MR) is 91.9 cm³/mol. The molecule has 0 saturated heterocycles. The molecule has 0 fully saturated rings.